The number of benzene rings is 1. The molecule has 7 heteroatoms. The SMILES string of the molecule is CCCCC/C=C(\c1ccccc1)c1cccnc1.O=COCO[N+](=O)[O-]. The molecule has 7 nitrogen and oxygen atoms in total. The molecule has 0 atom stereocenters. The van der Waals surface area contributed by atoms with Gasteiger partial charge in [0.25, 0.3) is 11.6 Å². The standard InChI is InChI=1S/C18H21N.C2H3NO5/c1-2-3-4-8-13-18(16-10-6-5-7-11-16)17-12-9-14-19-15-17;4-1-7-2-8-3(5)6/h5-7,9-15H,2-4,8H2,1H3;1H,2H2/b18-13+;. The number of hydrogen-bond acceptors (Lipinski definition) is 6. The molecule has 0 aliphatic rings. The second kappa shape index (κ2) is 14.0. The Bertz CT molecular complexity index is 649. The van der Waals surface area contributed by atoms with E-state index in [1.807, 2.05) is 18.5 Å². The lowest BCUT2D eigenvalue weighted by atomic mass is 9.97. The second-order valence-electron chi connectivity index (χ2n) is 5.45. The summed E-state index contributed by atoms with van der Waals surface area (Å²) < 4.78 is 3.80. The second-order valence-corrected chi connectivity index (χ2v) is 5.45. The summed E-state index contributed by atoms with van der Waals surface area (Å²) in [5.74, 6) is 0. The number of unbranched alkanes of at least 4 members (excludes halogenated alkanes) is 3. The molecule has 0 bridgehead atoms. The smallest absolute Gasteiger partial charge is 0.297 e. The Labute approximate surface area is 158 Å². The van der Waals surface area contributed by atoms with Gasteiger partial charge in [-0.2, -0.15) is 0 Å². The Hall–Kier alpha value is -3.22. The van der Waals surface area contributed by atoms with Crippen LogP contribution in [0.1, 0.15) is 43.7 Å². The lowest BCUT2D eigenvalue weighted by Gasteiger charge is -2.08. The summed E-state index contributed by atoms with van der Waals surface area (Å²) in [7, 11) is 0. The fraction of sp³-hybridized carbons (Fsp3) is 0.300. The lowest BCUT2D eigenvalue weighted by molar-refractivity contribution is -0.765. The molecule has 2 rings (SSSR count). The van der Waals surface area contributed by atoms with Crippen LogP contribution in [0.3, 0.4) is 0 Å². The molecule has 0 spiro atoms. The van der Waals surface area contributed by atoms with E-state index in [0.717, 1.165) is 6.42 Å². The number of hydrogen-bond donors (Lipinski definition) is 0. The van der Waals surface area contributed by atoms with E-state index in [1.54, 1.807) is 0 Å². The average molecular weight is 372 g/mol. The Morgan fingerprint density at radius 1 is 1.15 bits per heavy atom. The summed E-state index contributed by atoms with van der Waals surface area (Å²) in [5.41, 5.74) is 3.77. The van der Waals surface area contributed by atoms with E-state index in [9.17, 15) is 14.9 Å². The van der Waals surface area contributed by atoms with Crippen LogP contribution in [0.25, 0.3) is 5.57 Å². The van der Waals surface area contributed by atoms with Crippen molar-refractivity contribution >= 4 is 12.0 Å². The number of ether oxygens (including phenoxy) is 1. The van der Waals surface area contributed by atoms with E-state index in [-0.39, 0.29) is 6.47 Å². The molecule has 0 unspecified atom stereocenters. The molecule has 27 heavy (non-hydrogen) atoms. The third kappa shape index (κ3) is 9.74. The van der Waals surface area contributed by atoms with Crippen molar-refractivity contribution in [1.29, 1.82) is 0 Å². The van der Waals surface area contributed by atoms with E-state index in [4.69, 9.17) is 0 Å². The predicted molar refractivity (Wildman–Crippen MR) is 102 cm³/mol. The van der Waals surface area contributed by atoms with Gasteiger partial charge >= 0.3 is 0 Å². The van der Waals surface area contributed by atoms with Crippen LogP contribution in [-0.2, 0) is 14.4 Å². The molecular weight excluding hydrogens is 348 g/mol. The molecule has 1 heterocycles. The first-order valence-electron chi connectivity index (χ1n) is 8.67. The van der Waals surface area contributed by atoms with Gasteiger partial charge in [0.2, 0.25) is 6.79 Å². The molecule has 0 radical (unpaired) electrons. The number of nitrogens with zero attached hydrogens (tertiary/aromatic N) is 2. The topological polar surface area (TPSA) is 91.6 Å². The minimum absolute atomic E-state index is 0.0590. The number of allylic oxidation sites excluding steroid dienone is 1. The minimum Gasteiger partial charge on any atom is -0.440 e. The molecule has 2 aromatic rings. The lowest BCUT2D eigenvalue weighted by Crippen LogP contribution is -2.04. The molecule has 0 saturated heterocycles. The fourth-order valence-corrected chi connectivity index (χ4v) is 2.28. The fourth-order valence-electron chi connectivity index (χ4n) is 2.28. The van der Waals surface area contributed by atoms with E-state index in [0.29, 0.717) is 0 Å². The van der Waals surface area contributed by atoms with Gasteiger partial charge in [-0.15, -0.1) is 10.1 Å². The van der Waals surface area contributed by atoms with Crippen molar-refractivity contribution in [3.63, 3.8) is 0 Å². The average Bonchev–Trinajstić information content (AvgIpc) is 2.70. The zero-order valence-electron chi connectivity index (χ0n) is 15.3. The maximum atomic E-state index is 9.26. The van der Waals surface area contributed by atoms with Gasteiger partial charge in [-0.1, -0.05) is 62.2 Å². The van der Waals surface area contributed by atoms with E-state index < -0.39 is 11.9 Å². The zero-order chi connectivity index (χ0) is 19.7. The van der Waals surface area contributed by atoms with Gasteiger partial charge in [0, 0.05) is 18.0 Å². The first-order valence-corrected chi connectivity index (χ1v) is 8.67. The van der Waals surface area contributed by atoms with Crippen molar-refractivity contribution < 1.29 is 19.5 Å². The Morgan fingerprint density at radius 3 is 2.48 bits per heavy atom. The van der Waals surface area contributed by atoms with E-state index in [1.165, 1.54) is 36.0 Å². The van der Waals surface area contributed by atoms with Gasteiger partial charge in [0.05, 0.1) is 0 Å². The Balaban J connectivity index is 0.000000387. The van der Waals surface area contributed by atoms with Gasteiger partial charge in [-0.05, 0) is 30.0 Å². The van der Waals surface area contributed by atoms with Crippen LogP contribution in [0, 0.1) is 10.1 Å². The van der Waals surface area contributed by atoms with Crippen LogP contribution in [0.5, 0.6) is 0 Å². The van der Waals surface area contributed by atoms with Crippen LogP contribution < -0.4 is 0 Å². The van der Waals surface area contributed by atoms with Crippen molar-refractivity contribution in [2.45, 2.75) is 32.6 Å². The molecule has 0 fully saturated rings. The highest BCUT2D eigenvalue weighted by Crippen LogP contribution is 2.23. The van der Waals surface area contributed by atoms with Crippen LogP contribution in [0.2, 0.25) is 0 Å². The quantitative estimate of drug-likeness (QED) is 0.202. The summed E-state index contributed by atoms with van der Waals surface area (Å²) in [5, 5.41) is 8.21. The molecule has 0 aliphatic heterocycles. The largest absolute Gasteiger partial charge is 0.440 e. The normalized spacial score (nSPS) is 10.3. The van der Waals surface area contributed by atoms with Crippen molar-refractivity contribution in [2.24, 2.45) is 0 Å². The van der Waals surface area contributed by atoms with Crippen LogP contribution in [0.15, 0.2) is 60.9 Å². The van der Waals surface area contributed by atoms with Gasteiger partial charge < -0.3 is 4.74 Å². The van der Waals surface area contributed by atoms with Gasteiger partial charge in [0.15, 0.2) is 0 Å². The number of aromatic nitrogens is 1. The number of carbonyl (C=O) groups excluding carboxylic acids is 1. The van der Waals surface area contributed by atoms with Crippen molar-refractivity contribution in [2.75, 3.05) is 6.79 Å². The molecule has 0 amide bonds. The highest BCUT2D eigenvalue weighted by Gasteiger charge is 2.03. The summed E-state index contributed by atoms with van der Waals surface area (Å²) in [6.45, 7) is 1.66. The van der Waals surface area contributed by atoms with Crippen molar-refractivity contribution in [1.82, 2.24) is 4.98 Å². The maximum Gasteiger partial charge on any atom is 0.297 e. The zero-order valence-corrected chi connectivity index (χ0v) is 15.3. The van der Waals surface area contributed by atoms with Crippen LogP contribution in [0.4, 0.5) is 0 Å². The molecular formula is C20H24N2O5. The Morgan fingerprint density at radius 2 is 1.89 bits per heavy atom. The first-order chi connectivity index (χ1) is 13.2. The molecule has 1 aromatic heterocycles. The van der Waals surface area contributed by atoms with Crippen LogP contribution >= 0.6 is 0 Å². The summed E-state index contributed by atoms with van der Waals surface area (Å²) in [6.07, 6.45) is 11.1. The van der Waals surface area contributed by atoms with E-state index >= 15 is 0 Å². The van der Waals surface area contributed by atoms with Gasteiger partial charge in [-0.25, -0.2) is 0 Å². The van der Waals surface area contributed by atoms with E-state index in [2.05, 4.69) is 64.0 Å². The first kappa shape index (κ1) is 21.8. The number of carbonyl (C=O) groups is 1. The molecule has 0 N–H and O–H groups in total. The van der Waals surface area contributed by atoms with Gasteiger partial charge in [-0.3, -0.25) is 14.6 Å². The maximum absolute atomic E-state index is 9.26. The van der Waals surface area contributed by atoms with Crippen LogP contribution in [-0.4, -0.2) is 23.3 Å². The highest BCUT2D eigenvalue weighted by atomic mass is 17.0. The third-order valence-corrected chi connectivity index (χ3v) is 3.51. The predicted octanol–water partition coefficient (Wildman–Crippen LogP) is 4.42. The Kier molecular flexibility index (Phi) is 11.3. The minimum atomic E-state index is -1.05. The summed E-state index contributed by atoms with van der Waals surface area (Å²) >= 11 is 0. The summed E-state index contributed by atoms with van der Waals surface area (Å²) in [6, 6.07) is 14.7. The molecule has 0 saturated carbocycles. The monoisotopic (exact) mass is 372 g/mol. The van der Waals surface area contributed by atoms with Crippen molar-refractivity contribution in [3.05, 3.63) is 82.2 Å². The van der Waals surface area contributed by atoms with Gasteiger partial charge in [0.1, 0.15) is 0 Å². The van der Waals surface area contributed by atoms with Crippen molar-refractivity contribution in [3.8, 4) is 0 Å². The highest BCUT2D eigenvalue weighted by molar-refractivity contribution is 5.79. The third-order valence-electron chi connectivity index (χ3n) is 3.51. The number of rotatable bonds is 10. The molecule has 144 valence electrons. The number of pyridine rings is 1. The molecule has 0 aliphatic carbocycles. The summed E-state index contributed by atoms with van der Waals surface area (Å²) in [4.78, 5) is 26.3. The molecule has 1 aromatic carbocycles.